The Labute approximate surface area is 216 Å². The molecule has 36 heavy (non-hydrogen) atoms. The standard InChI is InChI=1S/C26H37N3O6S/c1-25-7-4-2-3-5-16-35-24(33)20(25)19-22(31)29(12-15-30)21-23(32)28(9-6-8-26(19,21)36-25)11-10-27-13-17-34-18-14-27/h4,6-8,19-21,30H,2-3,5,9-18H2,1H3/b7-4-/t19-,20-,21?,25+,26-/m0/s1. The number of hydrogen-bond donors (Lipinski definition) is 1. The van der Waals surface area contributed by atoms with Gasteiger partial charge in [0.05, 0.1) is 43.0 Å². The topological polar surface area (TPSA) is 99.6 Å². The molecule has 0 saturated carbocycles. The summed E-state index contributed by atoms with van der Waals surface area (Å²) in [6.45, 7) is 6.97. The Morgan fingerprint density at radius 3 is 2.58 bits per heavy atom. The highest BCUT2D eigenvalue weighted by atomic mass is 32.2. The summed E-state index contributed by atoms with van der Waals surface area (Å²) in [7, 11) is 0. The molecular weight excluding hydrogens is 482 g/mol. The average Bonchev–Trinajstić information content (AvgIpc) is 3.19. The number of fused-ring (bicyclic) bond motifs is 2. The van der Waals surface area contributed by atoms with Crippen molar-refractivity contribution < 1.29 is 29.0 Å². The number of morpholine rings is 1. The van der Waals surface area contributed by atoms with E-state index in [0.717, 1.165) is 38.9 Å². The smallest absolute Gasteiger partial charge is 0.311 e. The number of β-amino-alcohol motifs (C(OH)–C–C–N with tert-alkyl or cyclic N) is 1. The van der Waals surface area contributed by atoms with Crippen LogP contribution in [0.4, 0.5) is 0 Å². The van der Waals surface area contributed by atoms with Crippen molar-refractivity contribution in [3.63, 3.8) is 0 Å². The molecule has 10 heteroatoms. The Morgan fingerprint density at radius 2 is 1.81 bits per heavy atom. The maximum Gasteiger partial charge on any atom is 0.311 e. The number of hydrogen-bond acceptors (Lipinski definition) is 8. The van der Waals surface area contributed by atoms with Crippen molar-refractivity contribution in [1.29, 1.82) is 0 Å². The number of likely N-dealkylation sites (tertiary alicyclic amines) is 1. The molecule has 0 aromatic carbocycles. The van der Waals surface area contributed by atoms with Crippen LogP contribution in [0.25, 0.3) is 0 Å². The van der Waals surface area contributed by atoms with Gasteiger partial charge in [-0.3, -0.25) is 19.3 Å². The summed E-state index contributed by atoms with van der Waals surface area (Å²) in [5, 5.41) is 9.81. The molecule has 0 radical (unpaired) electrons. The van der Waals surface area contributed by atoms with Gasteiger partial charge < -0.3 is 24.4 Å². The largest absolute Gasteiger partial charge is 0.465 e. The lowest BCUT2D eigenvalue weighted by atomic mass is 9.74. The molecule has 198 valence electrons. The van der Waals surface area contributed by atoms with Gasteiger partial charge in [0, 0.05) is 44.0 Å². The summed E-state index contributed by atoms with van der Waals surface area (Å²) in [6.07, 6.45) is 10.8. The molecule has 1 unspecified atom stereocenters. The quantitative estimate of drug-likeness (QED) is 0.418. The predicted octanol–water partition coefficient (Wildman–Crippen LogP) is 0.680. The van der Waals surface area contributed by atoms with Gasteiger partial charge in [0.15, 0.2) is 0 Å². The number of carbonyl (C=O) groups excluding carboxylic acids is 3. The third kappa shape index (κ3) is 4.40. The molecule has 2 amide bonds. The fourth-order valence-corrected chi connectivity index (χ4v) is 8.63. The minimum absolute atomic E-state index is 0.0630. The van der Waals surface area contributed by atoms with Crippen LogP contribution in [0.5, 0.6) is 0 Å². The average molecular weight is 520 g/mol. The summed E-state index contributed by atoms with van der Waals surface area (Å²) < 4.78 is 9.54. The van der Waals surface area contributed by atoms with Crippen molar-refractivity contribution in [3.05, 3.63) is 24.3 Å². The van der Waals surface area contributed by atoms with E-state index in [1.807, 2.05) is 24.0 Å². The van der Waals surface area contributed by atoms with E-state index >= 15 is 0 Å². The first-order valence-electron chi connectivity index (χ1n) is 13.1. The van der Waals surface area contributed by atoms with E-state index in [-0.39, 0.29) is 30.9 Å². The Bertz CT molecular complexity index is 937. The number of rotatable bonds is 5. The number of aliphatic hydroxyl groups is 1. The molecule has 3 saturated heterocycles. The van der Waals surface area contributed by atoms with Crippen molar-refractivity contribution in [1.82, 2.24) is 14.7 Å². The Balaban J connectivity index is 1.49. The van der Waals surface area contributed by atoms with E-state index in [9.17, 15) is 19.5 Å². The lowest BCUT2D eigenvalue weighted by molar-refractivity contribution is -0.154. The van der Waals surface area contributed by atoms with E-state index in [1.165, 1.54) is 4.90 Å². The number of carbonyl (C=O) groups is 3. The van der Waals surface area contributed by atoms with Crippen LogP contribution in [0.15, 0.2) is 24.3 Å². The van der Waals surface area contributed by atoms with Crippen molar-refractivity contribution in [3.8, 4) is 0 Å². The van der Waals surface area contributed by atoms with Gasteiger partial charge in [-0.1, -0.05) is 24.3 Å². The van der Waals surface area contributed by atoms with E-state index < -0.39 is 27.4 Å². The predicted molar refractivity (Wildman–Crippen MR) is 135 cm³/mol. The Hall–Kier alpha value is -1.88. The summed E-state index contributed by atoms with van der Waals surface area (Å²) >= 11 is 1.55. The first-order chi connectivity index (χ1) is 17.4. The normalized spacial score (nSPS) is 38.3. The van der Waals surface area contributed by atoms with Crippen LogP contribution < -0.4 is 0 Å². The van der Waals surface area contributed by atoms with Crippen molar-refractivity contribution in [2.45, 2.75) is 41.7 Å². The number of allylic oxidation sites excluding steroid dienone is 1. The van der Waals surface area contributed by atoms with Crippen molar-refractivity contribution in [2.75, 3.05) is 65.7 Å². The zero-order valence-corrected chi connectivity index (χ0v) is 21.8. The number of aliphatic hydroxyl groups excluding tert-OH is 1. The first-order valence-corrected chi connectivity index (χ1v) is 14.0. The van der Waals surface area contributed by atoms with Gasteiger partial charge in [-0.15, -0.1) is 11.8 Å². The molecule has 0 bridgehead atoms. The van der Waals surface area contributed by atoms with Crippen molar-refractivity contribution in [2.24, 2.45) is 11.8 Å². The molecule has 5 rings (SSSR count). The number of amides is 2. The number of thioether (sulfide) groups is 1. The van der Waals surface area contributed by atoms with Gasteiger partial charge >= 0.3 is 5.97 Å². The summed E-state index contributed by atoms with van der Waals surface area (Å²) in [6, 6.07) is -0.772. The second kappa shape index (κ2) is 10.5. The zero-order chi connectivity index (χ0) is 25.3. The highest BCUT2D eigenvalue weighted by molar-refractivity contribution is 8.02. The van der Waals surface area contributed by atoms with E-state index in [2.05, 4.69) is 17.1 Å². The Morgan fingerprint density at radius 1 is 1.00 bits per heavy atom. The van der Waals surface area contributed by atoms with Gasteiger partial charge in [0.25, 0.3) is 0 Å². The first kappa shape index (κ1) is 25.8. The molecule has 5 atom stereocenters. The van der Waals surface area contributed by atoms with Crippen LogP contribution in [0.2, 0.25) is 0 Å². The third-order valence-corrected chi connectivity index (χ3v) is 10.0. The SMILES string of the molecule is C[C@@]12/C=C\CCCCOC(=O)[C@@H]1[C@H]1C(=O)N(CCO)C3C(=O)N(CCN4CCOCC4)CC=C[C@@]31S2. The maximum absolute atomic E-state index is 14.1. The summed E-state index contributed by atoms with van der Waals surface area (Å²) in [4.78, 5) is 47.1. The number of nitrogens with zero attached hydrogens (tertiary/aromatic N) is 3. The third-order valence-electron chi connectivity index (χ3n) is 8.21. The van der Waals surface area contributed by atoms with E-state index in [4.69, 9.17) is 9.47 Å². The summed E-state index contributed by atoms with van der Waals surface area (Å²) in [5.41, 5.74) is 0. The highest BCUT2D eigenvalue weighted by Gasteiger charge is 2.73. The van der Waals surface area contributed by atoms with Crippen molar-refractivity contribution >= 4 is 29.5 Å². The molecule has 0 aromatic rings. The van der Waals surface area contributed by atoms with Gasteiger partial charge in [-0.2, -0.15) is 0 Å². The number of cyclic esters (lactones) is 1. The summed E-state index contributed by atoms with van der Waals surface area (Å²) in [5.74, 6) is -2.15. The second-order valence-electron chi connectivity index (χ2n) is 10.5. The molecular formula is C26H37N3O6S. The molecule has 1 spiro atoms. The minimum atomic E-state index is -0.895. The number of ether oxygens (including phenoxy) is 2. The van der Waals surface area contributed by atoms with Crippen LogP contribution in [-0.2, 0) is 23.9 Å². The van der Waals surface area contributed by atoms with Gasteiger partial charge in [0.1, 0.15) is 6.04 Å². The molecule has 3 fully saturated rings. The molecule has 1 N–H and O–H groups in total. The molecule has 5 aliphatic rings. The highest BCUT2D eigenvalue weighted by Crippen LogP contribution is 2.65. The van der Waals surface area contributed by atoms with Gasteiger partial charge in [-0.25, -0.2) is 0 Å². The van der Waals surface area contributed by atoms with Gasteiger partial charge in [-0.05, 0) is 26.2 Å². The maximum atomic E-state index is 14.1. The van der Waals surface area contributed by atoms with E-state index in [1.54, 1.807) is 11.8 Å². The second-order valence-corrected chi connectivity index (χ2v) is 12.2. The van der Waals surface area contributed by atoms with Gasteiger partial charge in [0.2, 0.25) is 11.8 Å². The minimum Gasteiger partial charge on any atom is -0.465 e. The zero-order valence-electron chi connectivity index (χ0n) is 21.0. The molecule has 5 heterocycles. The van der Waals surface area contributed by atoms with Crippen LogP contribution in [-0.4, -0.2) is 119 Å². The van der Waals surface area contributed by atoms with Crippen LogP contribution in [0, 0.1) is 11.8 Å². The molecule has 5 aliphatic heterocycles. The lowest BCUT2D eigenvalue weighted by Gasteiger charge is -2.37. The van der Waals surface area contributed by atoms with Crippen LogP contribution in [0.3, 0.4) is 0 Å². The molecule has 9 nitrogen and oxygen atoms in total. The fourth-order valence-electron chi connectivity index (χ4n) is 6.48. The fraction of sp³-hybridized carbons (Fsp3) is 0.731. The molecule has 0 aromatic heterocycles. The lowest BCUT2D eigenvalue weighted by Crippen LogP contribution is -2.55. The van der Waals surface area contributed by atoms with E-state index in [0.29, 0.717) is 32.9 Å². The Kier molecular flexibility index (Phi) is 7.49. The van der Waals surface area contributed by atoms with Crippen LogP contribution >= 0.6 is 11.8 Å². The number of esters is 1. The monoisotopic (exact) mass is 519 g/mol. The van der Waals surface area contributed by atoms with Crippen LogP contribution in [0.1, 0.15) is 26.2 Å². The molecule has 0 aliphatic carbocycles.